The second kappa shape index (κ2) is 7.41. The largest absolute Gasteiger partial charge is 0.430 e. The molecule has 2 rings (SSSR count). The van der Waals surface area contributed by atoms with Crippen molar-refractivity contribution in [3.05, 3.63) is 52.9 Å². The topological polar surface area (TPSA) is 66.4 Å². The number of nitrogens with one attached hydrogen (secondary N) is 1. The Kier molecular flexibility index (Phi) is 5.95. The normalized spacial score (nSPS) is 13.7. The minimum atomic E-state index is -5.96. The van der Waals surface area contributed by atoms with E-state index < -0.39 is 33.5 Å². The summed E-state index contributed by atoms with van der Waals surface area (Å²) in [6, 6.07) is 5.90. The Morgan fingerprint density at radius 1 is 0.963 bits per heavy atom. The highest BCUT2D eigenvalue weighted by Gasteiger charge is 2.71. The predicted molar refractivity (Wildman–Crippen MR) is 85.7 cm³/mol. The predicted octanol–water partition coefficient (Wildman–Crippen LogP) is 3.58. The van der Waals surface area contributed by atoms with Gasteiger partial charge in [-0.05, 0) is 23.4 Å². The van der Waals surface area contributed by atoms with Crippen LogP contribution in [0.4, 0.5) is 26.3 Å². The van der Waals surface area contributed by atoms with E-state index in [-0.39, 0.29) is 17.2 Å². The van der Waals surface area contributed by atoms with Crippen LogP contribution in [0.1, 0.15) is 11.1 Å². The van der Waals surface area contributed by atoms with Crippen LogP contribution in [-0.2, 0) is 22.0 Å². The molecule has 1 heterocycles. The molecule has 0 unspecified atom stereocenters. The van der Waals surface area contributed by atoms with E-state index in [1.165, 1.54) is 6.07 Å². The number of alkyl halides is 6. The number of rotatable bonds is 6. The molecule has 0 aliphatic carbocycles. The van der Waals surface area contributed by atoms with E-state index in [9.17, 15) is 39.9 Å². The Morgan fingerprint density at radius 3 is 1.96 bits per heavy atom. The first kappa shape index (κ1) is 21.7. The third-order valence-electron chi connectivity index (χ3n) is 3.66. The second-order valence-electron chi connectivity index (χ2n) is 5.48. The summed E-state index contributed by atoms with van der Waals surface area (Å²) in [5, 5.41) is 10.9. The molecule has 0 aliphatic rings. The van der Waals surface area contributed by atoms with Crippen molar-refractivity contribution in [1.82, 2.24) is 4.72 Å². The fourth-order valence-corrected chi connectivity index (χ4v) is 4.29. The van der Waals surface area contributed by atoms with E-state index in [4.69, 9.17) is 0 Å². The lowest BCUT2D eigenvalue weighted by atomic mass is 9.91. The molecule has 4 nitrogen and oxygen atoms in total. The van der Waals surface area contributed by atoms with Gasteiger partial charge in [0.1, 0.15) is 4.21 Å². The summed E-state index contributed by atoms with van der Waals surface area (Å²) in [6.07, 6.45) is -11.9. The van der Waals surface area contributed by atoms with Crippen LogP contribution in [0.2, 0.25) is 0 Å². The molecule has 1 aromatic heterocycles. The zero-order valence-electron chi connectivity index (χ0n) is 13.3. The maximum atomic E-state index is 12.8. The van der Waals surface area contributed by atoms with Gasteiger partial charge in [-0.15, -0.1) is 11.3 Å². The van der Waals surface area contributed by atoms with Gasteiger partial charge in [-0.25, -0.2) is 13.1 Å². The zero-order valence-corrected chi connectivity index (χ0v) is 14.9. The molecule has 12 heteroatoms. The summed E-state index contributed by atoms with van der Waals surface area (Å²) >= 11 is 0.994. The summed E-state index contributed by atoms with van der Waals surface area (Å²) in [5.74, 6) is 0. The molecule has 0 aliphatic heterocycles. The van der Waals surface area contributed by atoms with Crippen LogP contribution in [-0.4, -0.2) is 32.4 Å². The molecule has 0 fully saturated rings. The van der Waals surface area contributed by atoms with Crippen molar-refractivity contribution in [3.8, 4) is 0 Å². The van der Waals surface area contributed by atoms with Gasteiger partial charge in [0.15, 0.2) is 0 Å². The van der Waals surface area contributed by atoms with Gasteiger partial charge < -0.3 is 5.11 Å². The first-order valence-corrected chi connectivity index (χ1v) is 9.64. The molecule has 0 bridgehead atoms. The average molecular weight is 433 g/mol. The summed E-state index contributed by atoms with van der Waals surface area (Å²) < 4.78 is 103. The summed E-state index contributed by atoms with van der Waals surface area (Å²) in [6.45, 7) is -0.109. The highest BCUT2D eigenvalue weighted by Crippen LogP contribution is 2.49. The van der Waals surface area contributed by atoms with Gasteiger partial charge in [-0.2, -0.15) is 26.3 Å². The van der Waals surface area contributed by atoms with Gasteiger partial charge in [0, 0.05) is 12.1 Å². The van der Waals surface area contributed by atoms with E-state index in [0.29, 0.717) is 17.7 Å². The van der Waals surface area contributed by atoms with Crippen LogP contribution >= 0.6 is 11.3 Å². The number of hydrogen-bond acceptors (Lipinski definition) is 4. The quantitative estimate of drug-likeness (QED) is 0.685. The lowest BCUT2D eigenvalue weighted by Crippen LogP contribution is -2.53. The van der Waals surface area contributed by atoms with Crippen molar-refractivity contribution < 1.29 is 39.9 Å². The number of halogens is 6. The van der Waals surface area contributed by atoms with E-state index in [1.807, 2.05) is 0 Å². The van der Waals surface area contributed by atoms with Gasteiger partial charge in [0.25, 0.3) is 5.60 Å². The third-order valence-corrected chi connectivity index (χ3v) is 6.52. The van der Waals surface area contributed by atoms with Crippen LogP contribution in [0.15, 0.2) is 46.0 Å². The van der Waals surface area contributed by atoms with Gasteiger partial charge >= 0.3 is 12.4 Å². The molecule has 1 aromatic carbocycles. The summed E-state index contributed by atoms with van der Waals surface area (Å²) in [7, 11) is -3.73. The molecule has 2 aromatic rings. The molecule has 0 spiro atoms. The van der Waals surface area contributed by atoms with Crippen molar-refractivity contribution in [2.45, 2.75) is 28.6 Å². The highest BCUT2D eigenvalue weighted by atomic mass is 32.2. The average Bonchev–Trinajstić information content (AvgIpc) is 3.08. The third kappa shape index (κ3) is 4.45. The Bertz CT molecular complexity index is 844. The fourth-order valence-electron chi connectivity index (χ4n) is 2.22. The maximum absolute atomic E-state index is 12.8. The van der Waals surface area contributed by atoms with Crippen molar-refractivity contribution in [2.75, 3.05) is 6.54 Å². The minimum absolute atomic E-state index is 0.0291. The van der Waals surface area contributed by atoms with Crippen LogP contribution in [0.3, 0.4) is 0 Å². The lowest BCUT2D eigenvalue weighted by Gasteiger charge is -2.32. The summed E-state index contributed by atoms with van der Waals surface area (Å²) in [4.78, 5) is 0. The first-order chi connectivity index (χ1) is 12.3. The summed E-state index contributed by atoms with van der Waals surface area (Å²) in [5.41, 5.74) is -6.07. The minimum Gasteiger partial charge on any atom is -0.369 e. The molecule has 0 atom stereocenters. The van der Waals surface area contributed by atoms with Crippen molar-refractivity contribution in [3.63, 3.8) is 0 Å². The van der Waals surface area contributed by atoms with E-state index >= 15 is 0 Å². The Labute approximate surface area is 154 Å². The number of hydrogen-bond donors (Lipinski definition) is 2. The van der Waals surface area contributed by atoms with Crippen LogP contribution in [0.5, 0.6) is 0 Å². The molecule has 150 valence electrons. The molecule has 0 saturated heterocycles. The standard InChI is InChI=1S/C15H13F6NO3S2/c16-14(17,18)13(23,15(19,20)21)11-5-3-10(4-6-11)7-8-22-27(24,25)12-2-1-9-26-12/h1-6,9,22-23H,7-8H2. The Hall–Kier alpha value is -1.63. The fraction of sp³-hybridized carbons (Fsp3) is 0.333. The molecule has 0 amide bonds. The number of aliphatic hydroxyl groups is 1. The van der Waals surface area contributed by atoms with Crippen molar-refractivity contribution in [1.29, 1.82) is 0 Å². The van der Waals surface area contributed by atoms with E-state index in [0.717, 1.165) is 23.5 Å². The SMILES string of the molecule is O=S(=O)(NCCc1ccc(C(O)(C(F)(F)F)C(F)(F)F)cc1)c1cccs1. The molecule has 0 radical (unpaired) electrons. The van der Waals surface area contributed by atoms with Gasteiger partial charge in [-0.1, -0.05) is 30.3 Å². The van der Waals surface area contributed by atoms with Gasteiger partial charge in [-0.3, -0.25) is 0 Å². The second-order valence-corrected chi connectivity index (χ2v) is 8.42. The van der Waals surface area contributed by atoms with Crippen molar-refractivity contribution >= 4 is 21.4 Å². The van der Waals surface area contributed by atoms with Crippen LogP contribution < -0.4 is 4.72 Å². The number of sulfonamides is 1. The molecule has 0 saturated carbocycles. The monoisotopic (exact) mass is 433 g/mol. The van der Waals surface area contributed by atoms with Crippen LogP contribution in [0.25, 0.3) is 0 Å². The first-order valence-electron chi connectivity index (χ1n) is 7.27. The van der Waals surface area contributed by atoms with E-state index in [1.54, 1.807) is 11.4 Å². The number of thiophene rings is 1. The molecule has 27 heavy (non-hydrogen) atoms. The van der Waals surface area contributed by atoms with Crippen molar-refractivity contribution in [2.24, 2.45) is 0 Å². The van der Waals surface area contributed by atoms with E-state index in [2.05, 4.69) is 4.72 Å². The van der Waals surface area contributed by atoms with Gasteiger partial charge in [0.05, 0.1) is 0 Å². The Morgan fingerprint density at radius 2 is 1.52 bits per heavy atom. The van der Waals surface area contributed by atoms with Gasteiger partial charge in [0.2, 0.25) is 10.0 Å². The van der Waals surface area contributed by atoms with Crippen LogP contribution in [0, 0.1) is 0 Å². The smallest absolute Gasteiger partial charge is 0.369 e. The lowest BCUT2D eigenvalue weighted by molar-refractivity contribution is -0.376. The molecular formula is C15H13F6NO3S2. The maximum Gasteiger partial charge on any atom is 0.430 e. The molecule has 2 N–H and O–H groups in total. The molecular weight excluding hydrogens is 420 g/mol. The Balaban J connectivity index is 2.11. The zero-order chi connectivity index (χ0) is 20.5. The number of benzene rings is 1. The highest BCUT2D eigenvalue weighted by molar-refractivity contribution is 7.91.